The Hall–Kier alpha value is -2.24. The fraction of sp³-hybridized carbons (Fsp3) is 0.385. The highest BCUT2D eigenvalue weighted by atomic mass is 16.5. The van der Waals surface area contributed by atoms with Crippen molar-refractivity contribution >= 4 is 11.8 Å². The summed E-state index contributed by atoms with van der Waals surface area (Å²) in [6, 6.07) is 4.99. The number of methoxy groups -OCH3 is 2. The minimum atomic E-state index is -0.676. The molecule has 0 saturated carbocycles. The van der Waals surface area contributed by atoms with Gasteiger partial charge in [0.1, 0.15) is 0 Å². The summed E-state index contributed by atoms with van der Waals surface area (Å²) in [5.41, 5.74) is 0.815. The second kappa shape index (κ2) is 6.63. The number of ether oxygens (including phenoxy) is 2. The van der Waals surface area contributed by atoms with Crippen LogP contribution in [0.2, 0.25) is 0 Å². The van der Waals surface area contributed by atoms with E-state index in [0.29, 0.717) is 11.5 Å². The lowest BCUT2D eigenvalue weighted by Gasteiger charge is -2.16. The van der Waals surface area contributed by atoms with E-state index < -0.39 is 11.8 Å². The van der Waals surface area contributed by atoms with Gasteiger partial charge in [-0.05, 0) is 24.6 Å². The molecule has 19 heavy (non-hydrogen) atoms. The van der Waals surface area contributed by atoms with Gasteiger partial charge in [-0.3, -0.25) is 9.59 Å². The number of hydrogen-bond donors (Lipinski definition) is 2. The van der Waals surface area contributed by atoms with Crippen LogP contribution in [0, 0.1) is 0 Å². The summed E-state index contributed by atoms with van der Waals surface area (Å²) in [6.07, 6.45) is 0. The van der Waals surface area contributed by atoms with Gasteiger partial charge in [-0.15, -0.1) is 0 Å². The minimum Gasteiger partial charge on any atom is -0.493 e. The number of nitrogens with one attached hydrogen (secondary N) is 2. The van der Waals surface area contributed by atoms with Crippen molar-refractivity contribution < 1.29 is 19.1 Å². The van der Waals surface area contributed by atoms with Crippen LogP contribution in [0.5, 0.6) is 11.5 Å². The summed E-state index contributed by atoms with van der Waals surface area (Å²) in [5.74, 6) is -0.172. The highest BCUT2D eigenvalue weighted by Crippen LogP contribution is 2.29. The minimum absolute atomic E-state index is 0.315. The Morgan fingerprint density at radius 1 is 1.11 bits per heavy atom. The van der Waals surface area contributed by atoms with E-state index in [0.717, 1.165) is 5.56 Å². The first-order valence-corrected chi connectivity index (χ1v) is 5.78. The molecule has 0 aliphatic carbocycles. The van der Waals surface area contributed by atoms with Crippen molar-refractivity contribution in [3.05, 3.63) is 23.8 Å². The van der Waals surface area contributed by atoms with Gasteiger partial charge in [0.25, 0.3) is 0 Å². The number of carbonyl (C=O) groups excluding carboxylic acids is 2. The molecule has 0 saturated heterocycles. The third-order valence-corrected chi connectivity index (χ3v) is 2.69. The Balaban J connectivity index is 2.85. The van der Waals surface area contributed by atoms with Crippen LogP contribution < -0.4 is 20.1 Å². The van der Waals surface area contributed by atoms with Crippen molar-refractivity contribution in [3.63, 3.8) is 0 Å². The van der Waals surface area contributed by atoms with Crippen LogP contribution >= 0.6 is 0 Å². The topological polar surface area (TPSA) is 76.7 Å². The van der Waals surface area contributed by atoms with Crippen molar-refractivity contribution in [1.29, 1.82) is 0 Å². The average Bonchev–Trinajstić information content (AvgIpc) is 2.45. The molecule has 0 aliphatic rings. The van der Waals surface area contributed by atoms with E-state index in [2.05, 4.69) is 10.6 Å². The zero-order chi connectivity index (χ0) is 14.4. The quantitative estimate of drug-likeness (QED) is 0.784. The fourth-order valence-electron chi connectivity index (χ4n) is 1.58. The number of likely N-dealkylation sites (N-methyl/N-ethyl adjacent to an activating group) is 1. The highest BCUT2D eigenvalue weighted by Gasteiger charge is 2.16. The molecule has 6 heteroatoms. The summed E-state index contributed by atoms with van der Waals surface area (Å²) in [4.78, 5) is 22.6. The maximum Gasteiger partial charge on any atom is 0.309 e. The maximum atomic E-state index is 11.5. The molecule has 0 aliphatic heterocycles. The second-order valence-electron chi connectivity index (χ2n) is 3.89. The van der Waals surface area contributed by atoms with Gasteiger partial charge < -0.3 is 20.1 Å². The molecule has 0 spiro atoms. The van der Waals surface area contributed by atoms with Crippen molar-refractivity contribution in [2.45, 2.75) is 13.0 Å². The fourth-order valence-corrected chi connectivity index (χ4v) is 1.58. The van der Waals surface area contributed by atoms with E-state index in [1.54, 1.807) is 32.2 Å². The van der Waals surface area contributed by atoms with Gasteiger partial charge in [0.15, 0.2) is 11.5 Å². The lowest BCUT2D eigenvalue weighted by molar-refractivity contribution is -0.139. The van der Waals surface area contributed by atoms with E-state index in [1.165, 1.54) is 14.2 Å². The molecule has 104 valence electrons. The lowest BCUT2D eigenvalue weighted by Crippen LogP contribution is -2.39. The molecular weight excluding hydrogens is 248 g/mol. The molecule has 1 atom stereocenters. The van der Waals surface area contributed by atoms with Gasteiger partial charge in [0.05, 0.1) is 20.3 Å². The summed E-state index contributed by atoms with van der Waals surface area (Å²) in [7, 11) is 4.49. The maximum absolute atomic E-state index is 11.5. The molecule has 1 aromatic rings. The highest BCUT2D eigenvalue weighted by molar-refractivity contribution is 6.35. The normalized spacial score (nSPS) is 11.4. The third kappa shape index (κ3) is 3.61. The van der Waals surface area contributed by atoms with Crippen LogP contribution in [0.15, 0.2) is 18.2 Å². The van der Waals surface area contributed by atoms with E-state index in [-0.39, 0.29) is 6.04 Å². The number of amides is 2. The smallest absolute Gasteiger partial charge is 0.309 e. The van der Waals surface area contributed by atoms with Gasteiger partial charge in [0, 0.05) is 7.05 Å². The van der Waals surface area contributed by atoms with Crippen molar-refractivity contribution in [2.24, 2.45) is 0 Å². The number of rotatable bonds is 4. The Morgan fingerprint density at radius 2 is 1.74 bits per heavy atom. The molecule has 0 heterocycles. The first-order chi connectivity index (χ1) is 9.03. The molecule has 2 N–H and O–H groups in total. The van der Waals surface area contributed by atoms with Crippen LogP contribution in [0.3, 0.4) is 0 Å². The molecule has 1 unspecified atom stereocenters. The molecule has 0 bridgehead atoms. The van der Waals surface area contributed by atoms with Crippen LogP contribution in [-0.2, 0) is 9.59 Å². The molecule has 2 amide bonds. The molecule has 0 fully saturated rings. The van der Waals surface area contributed by atoms with Crippen LogP contribution in [0.1, 0.15) is 18.5 Å². The first kappa shape index (κ1) is 14.8. The van der Waals surface area contributed by atoms with Gasteiger partial charge in [-0.1, -0.05) is 6.07 Å². The predicted octanol–water partition coefficient (Wildman–Crippen LogP) is 0.627. The Labute approximate surface area is 112 Å². The summed E-state index contributed by atoms with van der Waals surface area (Å²) >= 11 is 0. The monoisotopic (exact) mass is 266 g/mol. The summed E-state index contributed by atoms with van der Waals surface area (Å²) in [6.45, 7) is 1.78. The van der Waals surface area contributed by atoms with E-state index in [1.807, 2.05) is 0 Å². The Kier molecular flexibility index (Phi) is 5.17. The van der Waals surface area contributed by atoms with Crippen molar-refractivity contribution in [1.82, 2.24) is 10.6 Å². The molecule has 0 radical (unpaired) electrons. The van der Waals surface area contributed by atoms with Crippen molar-refractivity contribution in [3.8, 4) is 11.5 Å². The number of carbonyl (C=O) groups is 2. The second-order valence-corrected chi connectivity index (χ2v) is 3.89. The summed E-state index contributed by atoms with van der Waals surface area (Å²) in [5, 5.41) is 4.85. The Bertz CT molecular complexity index is 474. The third-order valence-electron chi connectivity index (χ3n) is 2.69. The van der Waals surface area contributed by atoms with E-state index in [9.17, 15) is 9.59 Å². The number of benzene rings is 1. The molecule has 6 nitrogen and oxygen atoms in total. The standard InChI is InChI=1S/C13H18N2O4/c1-8(15-13(17)12(16)14-2)9-5-6-10(18-3)11(7-9)19-4/h5-8H,1-4H3,(H,14,16)(H,15,17). The molecular formula is C13H18N2O4. The molecule has 1 rings (SSSR count). The van der Waals surface area contributed by atoms with E-state index >= 15 is 0 Å². The molecule has 1 aromatic carbocycles. The van der Waals surface area contributed by atoms with Gasteiger partial charge in [0.2, 0.25) is 0 Å². The van der Waals surface area contributed by atoms with E-state index in [4.69, 9.17) is 9.47 Å². The largest absolute Gasteiger partial charge is 0.493 e. The van der Waals surface area contributed by atoms with Crippen LogP contribution in [0.25, 0.3) is 0 Å². The zero-order valence-electron chi connectivity index (χ0n) is 11.4. The zero-order valence-corrected chi connectivity index (χ0v) is 11.4. The SMILES string of the molecule is CNC(=O)C(=O)NC(C)c1ccc(OC)c(OC)c1. The lowest BCUT2D eigenvalue weighted by atomic mass is 10.1. The number of hydrogen-bond acceptors (Lipinski definition) is 4. The molecule has 0 aromatic heterocycles. The van der Waals surface area contributed by atoms with Crippen molar-refractivity contribution in [2.75, 3.05) is 21.3 Å². The predicted molar refractivity (Wildman–Crippen MR) is 70.2 cm³/mol. The van der Waals surface area contributed by atoms with Crippen LogP contribution in [-0.4, -0.2) is 33.1 Å². The first-order valence-electron chi connectivity index (χ1n) is 5.78. The Morgan fingerprint density at radius 3 is 2.26 bits per heavy atom. The van der Waals surface area contributed by atoms with Crippen LogP contribution in [0.4, 0.5) is 0 Å². The van der Waals surface area contributed by atoms with Gasteiger partial charge in [-0.2, -0.15) is 0 Å². The summed E-state index contributed by atoms with van der Waals surface area (Å²) < 4.78 is 10.3. The van der Waals surface area contributed by atoms with Gasteiger partial charge >= 0.3 is 11.8 Å². The average molecular weight is 266 g/mol. The van der Waals surface area contributed by atoms with Gasteiger partial charge in [-0.25, -0.2) is 0 Å².